The quantitative estimate of drug-likeness (QED) is 0.285. The van der Waals surface area contributed by atoms with E-state index in [-0.39, 0.29) is 0 Å². The van der Waals surface area contributed by atoms with Crippen LogP contribution < -0.4 is 11.5 Å². The van der Waals surface area contributed by atoms with E-state index in [0.29, 0.717) is 28.7 Å². The lowest BCUT2D eigenvalue weighted by Gasteiger charge is -2.15. The molecule has 1 saturated carbocycles. The van der Waals surface area contributed by atoms with Gasteiger partial charge in [0.15, 0.2) is 5.79 Å². The number of nitrogens with two attached hydrogens (primary N) is 2. The van der Waals surface area contributed by atoms with Crippen molar-refractivity contribution < 1.29 is 23.4 Å². The van der Waals surface area contributed by atoms with Crippen LogP contribution in [0, 0.1) is 5.92 Å². The molecule has 37 heavy (non-hydrogen) atoms. The van der Waals surface area contributed by atoms with Crippen molar-refractivity contribution in [2.24, 2.45) is 5.92 Å². The number of hydrogen-bond donors (Lipinski definition) is 4. The molecule has 0 spiro atoms. The van der Waals surface area contributed by atoms with Gasteiger partial charge in [-0.3, -0.25) is 0 Å². The van der Waals surface area contributed by atoms with Crippen molar-refractivity contribution in [1.82, 2.24) is 19.5 Å². The van der Waals surface area contributed by atoms with Crippen LogP contribution in [0.15, 0.2) is 42.9 Å². The molecule has 0 saturated heterocycles. The second-order valence-electron chi connectivity index (χ2n) is 10.0. The lowest BCUT2D eigenvalue weighted by atomic mass is 9.97. The number of benzene rings is 1. The highest BCUT2D eigenvalue weighted by atomic mass is 19.4. The van der Waals surface area contributed by atoms with Crippen molar-refractivity contribution in [1.29, 1.82) is 0 Å². The van der Waals surface area contributed by atoms with Crippen LogP contribution in [0.5, 0.6) is 0 Å². The summed E-state index contributed by atoms with van der Waals surface area (Å²) >= 11 is 0. The van der Waals surface area contributed by atoms with Gasteiger partial charge in [0.25, 0.3) is 0 Å². The molecule has 1 fully saturated rings. The minimum absolute atomic E-state index is 0.380. The molecule has 3 aromatic heterocycles. The number of pyridine rings is 1. The number of aryl methyl sites for hydroxylation is 1. The maximum atomic E-state index is 13.1. The van der Waals surface area contributed by atoms with Gasteiger partial charge >= 0.3 is 6.18 Å². The van der Waals surface area contributed by atoms with Gasteiger partial charge in [-0.15, -0.1) is 0 Å². The average Bonchev–Trinajstić information content (AvgIpc) is 3.43. The Hall–Kier alpha value is -3.44. The largest absolute Gasteiger partial charge is 0.419 e. The van der Waals surface area contributed by atoms with E-state index in [1.165, 1.54) is 20.2 Å². The SMILES string of the molecule is CC(C)(O)O.Nc1nc2cc(CCC3CCC(n4ccc5c(N)ncnc54)C3)ccc2cc1C(F)(F)F. The number of halogens is 3. The Morgan fingerprint density at radius 3 is 2.46 bits per heavy atom. The summed E-state index contributed by atoms with van der Waals surface area (Å²) in [6.45, 7) is 2.60. The first-order valence-corrected chi connectivity index (χ1v) is 12.1. The number of alkyl halides is 3. The van der Waals surface area contributed by atoms with Gasteiger partial charge in [-0.05, 0) is 75.6 Å². The van der Waals surface area contributed by atoms with Gasteiger partial charge in [0, 0.05) is 17.6 Å². The Kier molecular flexibility index (Phi) is 7.29. The van der Waals surface area contributed by atoms with Crippen molar-refractivity contribution in [3.63, 3.8) is 0 Å². The smallest absolute Gasteiger partial charge is 0.383 e. The van der Waals surface area contributed by atoms with Crippen molar-refractivity contribution in [3.8, 4) is 0 Å². The molecule has 0 aliphatic heterocycles. The summed E-state index contributed by atoms with van der Waals surface area (Å²) in [6.07, 6.45) is 4.14. The summed E-state index contributed by atoms with van der Waals surface area (Å²) in [5.74, 6) is -0.918. The zero-order chi connectivity index (χ0) is 27.0. The molecule has 8 nitrogen and oxygen atoms in total. The highest BCUT2D eigenvalue weighted by Gasteiger charge is 2.34. The Morgan fingerprint density at radius 2 is 1.76 bits per heavy atom. The van der Waals surface area contributed by atoms with E-state index < -0.39 is 23.3 Å². The van der Waals surface area contributed by atoms with E-state index in [1.807, 2.05) is 24.4 Å². The molecular formula is C26H31F3N6O2. The molecule has 0 radical (unpaired) electrons. The molecular weight excluding hydrogens is 485 g/mol. The first kappa shape index (κ1) is 26.6. The highest BCUT2D eigenvalue weighted by Crippen LogP contribution is 2.39. The van der Waals surface area contributed by atoms with Crippen LogP contribution >= 0.6 is 0 Å². The van der Waals surface area contributed by atoms with Crippen molar-refractivity contribution in [2.75, 3.05) is 11.5 Å². The number of rotatable bonds is 4. The summed E-state index contributed by atoms with van der Waals surface area (Å²) in [5.41, 5.74) is 13.0. The Morgan fingerprint density at radius 1 is 1.03 bits per heavy atom. The van der Waals surface area contributed by atoms with Gasteiger partial charge in [0.05, 0.1) is 16.5 Å². The van der Waals surface area contributed by atoms with E-state index in [4.69, 9.17) is 21.7 Å². The van der Waals surface area contributed by atoms with Crippen LogP contribution in [0.25, 0.3) is 21.9 Å². The summed E-state index contributed by atoms with van der Waals surface area (Å²) in [5, 5.41) is 17.5. The summed E-state index contributed by atoms with van der Waals surface area (Å²) in [4.78, 5) is 12.5. The van der Waals surface area contributed by atoms with Gasteiger partial charge in [0.1, 0.15) is 23.6 Å². The first-order valence-electron chi connectivity index (χ1n) is 12.1. The van der Waals surface area contributed by atoms with Crippen LogP contribution in [-0.4, -0.2) is 35.5 Å². The standard InChI is InChI=1S/C23H23F3N6.C3H8O2/c24-23(25,26)18-11-15-5-3-14(10-19(15)31-21(18)28)2-1-13-4-6-16(9-13)32-8-7-17-20(27)29-12-30-22(17)32;1-3(2,4)5/h3,5,7-8,10-13,16H,1-2,4,6,9H2,(H2,28,31)(H2,27,29,30);4-5H,1-2H3. The molecule has 1 aliphatic rings. The Bertz CT molecular complexity index is 1390. The predicted molar refractivity (Wildman–Crippen MR) is 136 cm³/mol. The van der Waals surface area contributed by atoms with Crippen LogP contribution in [0.4, 0.5) is 24.8 Å². The highest BCUT2D eigenvalue weighted by molar-refractivity contribution is 5.86. The zero-order valence-electron chi connectivity index (χ0n) is 20.7. The monoisotopic (exact) mass is 516 g/mol. The number of aromatic nitrogens is 4. The average molecular weight is 517 g/mol. The molecule has 11 heteroatoms. The van der Waals surface area contributed by atoms with Gasteiger partial charge in [-0.1, -0.05) is 12.1 Å². The summed E-state index contributed by atoms with van der Waals surface area (Å²) in [7, 11) is 0. The van der Waals surface area contributed by atoms with Crippen molar-refractivity contribution in [2.45, 2.75) is 64.0 Å². The lowest BCUT2D eigenvalue weighted by molar-refractivity contribution is -0.137. The molecule has 3 heterocycles. The Labute approximate surface area is 212 Å². The van der Waals surface area contributed by atoms with Crippen LogP contribution in [0.3, 0.4) is 0 Å². The normalized spacial score (nSPS) is 18.2. The van der Waals surface area contributed by atoms with E-state index in [1.54, 1.807) is 6.07 Å². The van der Waals surface area contributed by atoms with E-state index in [0.717, 1.165) is 54.8 Å². The lowest BCUT2D eigenvalue weighted by Crippen LogP contribution is -2.15. The second-order valence-corrected chi connectivity index (χ2v) is 10.0. The topological polar surface area (TPSA) is 136 Å². The molecule has 0 amide bonds. The van der Waals surface area contributed by atoms with Gasteiger partial charge in [-0.25, -0.2) is 15.0 Å². The molecule has 198 valence electrons. The van der Waals surface area contributed by atoms with E-state index >= 15 is 0 Å². The zero-order valence-corrected chi connectivity index (χ0v) is 20.7. The number of aliphatic hydroxyl groups is 2. The molecule has 1 aromatic carbocycles. The van der Waals surface area contributed by atoms with Gasteiger partial charge in [-0.2, -0.15) is 13.2 Å². The second kappa shape index (κ2) is 10.1. The Balaban J connectivity index is 0.000000586. The molecule has 1 aliphatic carbocycles. The number of fused-ring (bicyclic) bond motifs is 2. The molecule has 5 rings (SSSR count). The van der Waals surface area contributed by atoms with Crippen LogP contribution in [0.1, 0.15) is 56.7 Å². The maximum Gasteiger partial charge on any atom is 0.419 e. The summed E-state index contributed by atoms with van der Waals surface area (Å²) < 4.78 is 41.4. The number of nitrogens with zero attached hydrogens (tertiary/aromatic N) is 4. The minimum Gasteiger partial charge on any atom is -0.383 e. The van der Waals surface area contributed by atoms with Crippen molar-refractivity contribution >= 4 is 33.6 Å². The molecule has 6 N–H and O–H groups in total. The predicted octanol–water partition coefficient (Wildman–Crippen LogP) is 4.84. The minimum atomic E-state index is -4.51. The van der Waals surface area contributed by atoms with E-state index in [9.17, 15) is 13.2 Å². The van der Waals surface area contributed by atoms with Crippen molar-refractivity contribution in [3.05, 3.63) is 54.0 Å². The number of hydrogen-bond acceptors (Lipinski definition) is 7. The fraction of sp³-hybridized carbons (Fsp3) is 0.423. The van der Waals surface area contributed by atoms with Crippen LogP contribution in [0.2, 0.25) is 0 Å². The molecule has 4 aromatic rings. The molecule has 2 atom stereocenters. The van der Waals surface area contributed by atoms with Gasteiger partial charge in [0.2, 0.25) is 0 Å². The fourth-order valence-corrected chi connectivity index (χ4v) is 4.83. The van der Waals surface area contributed by atoms with Crippen LogP contribution in [-0.2, 0) is 12.6 Å². The van der Waals surface area contributed by atoms with Gasteiger partial charge < -0.3 is 26.2 Å². The first-order chi connectivity index (χ1) is 17.3. The maximum absolute atomic E-state index is 13.1. The number of nitrogen functional groups attached to an aromatic ring is 2. The third kappa shape index (κ3) is 6.47. The molecule has 2 unspecified atom stereocenters. The third-order valence-corrected chi connectivity index (χ3v) is 6.51. The number of anilines is 2. The summed E-state index contributed by atoms with van der Waals surface area (Å²) in [6, 6.07) is 8.84. The molecule has 0 bridgehead atoms. The fourth-order valence-electron chi connectivity index (χ4n) is 4.83. The van der Waals surface area contributed by atoms with E-state index in [2.05, 4.69) is 19.5 Å². The third-order valence-electron chi connectivity index (χ3n) is 6.51.